The molecule has 0 bridgehead atoms. The summed E-state index contributed by atoms with van der Waals surface area (Å²) in [4.78, 5) is 19.0. The summed E-state index contributed by atoms with van der Waals surface area (Å²) in [6.07, 6.45) is 10.3. The molecule has 1 atom stereocenters. The Kier molecular flexibility index (Phi) is 6.75. The SMILES string of the molecule is COc1ccc(-c2nc3ccccc3n2C(C(=O)NC2CCCC2)C2CCCCC2)c(OC)c1. The smallest absolute Gasteiger partial charge is 0.243 e. The number of carbonyl (C=O) groups excluding carboxylic acids is 1. The highest BCUT2D eigenvalue weighted by molar-refractivity contribution is 5.88. The van der Waals surface area contributed by atoms with Crippen LogP contribution in [0.15, 0.2) is 42.5 Å². The highest BCUT2D eigenvalue weighted by Gasteiger charge is 2.36. The minimum atomic E-state index is -0.296. The van der Waals surface area contributed by atoms with Crippen molar-refractivity contribution in [3.63, 3.8) is 0 Å². The van der Waals surface area contributed by atoms with Crippen molar-refractivity contribution in [1.29, 1.82) is 0 Å². The van der Waals surface area contributed by atoms with E-state index < -0.39 is 0 Å². The lowest BCUT2D eigenvalue weighted by Gasteiger charge is -2.32. The first-order chi connectivity index (χ1) is 16.7. The number of nitrogens with one attached hydrogen (secondary N) is 1. The summed E-state index contributed by atoms with van der Waals surface area (Å²) in [6.45, 7) is 0. The topological polar surface area (TPSA) is 65.4 Å². The van der Waals surface area contributed by atoms with E-state index in [-0.39, 0.29) is 23.9 Å². The largest absolute Gasteiger partial charge is 0.497 e. The molecule has 2 aliphatic rings. The monoisotopic (exact) mass is 461 g/mol. The second-order valence-electron chi connectivity index (χ2n) is 9.69. The van der Waals surface area contributed by atoms with Crippen LogP contribution in [-0.4, -0.2) is 35.7 Å². The molecule has 0 spiro atoms. The van der Waals surface area contributed by atoms with Gasteiger partial charge < -0.3 is 19.4 Å². The molecule has 1 aromatic heterocycles. The number of aromatic nitrogens is 2. The third kappa shape index (κ3) is 4.38. The number of nitrogens with zero attached hydrogens (tertiary/aromatic N) is 2. The Bertz CT molecular complexity index is 1140. The molecular formula is C28H35N3O3. The third-order valence-electron chi connectivity index (χ3n) is 7.59. The number of amides is 1. The quantitative estimate of drug-likeness (QED) is 0.476. The van der Waals surface area contributed by atoms with E-state index in [0.29, 0.717) is 5.75 Å². The zero-order valence-electron chi connectivity index (χ0n) is 20.3. The van der Waals surface area contributed by atoms with Gasteiger partial charge in [-0.15, -0.1) is 0 Å². The van der Waals surface area contributed by atoms with Gasteiger partial charge in [-0.25, -0.2) is 4.98 Å². The van der Waals surface area contributed by atoms with Gasteiger partial charge in [0.25, 0.3) is 0 Å². The average Bonchev–Trinajstić information content (AvgIpc) is 3.52. The molecule has 34 heavy (non-hydrogen) atoms. The molecule has 2 aliphatic carbocycles. The molecule has 5 rings (SSSR count). The van der Waals surface area contributed by atoms with Crippen molar-refractivity contribution in [3.8, 4) is 22.9 Å². The Hall–Kier alpha value is -3.02. The molecule has 0 radical (unpaired) electrons. The summed E-state index contributed by atoms with van der Waals surface area (Å²) < 4.78 is 13.4. The minimum Gasteiger partial charge on any atom is -0.497 e. The van der Waals surface area contributed by atoms with Gasteiger partial charge in [0.15, 0.2) is 0 Å². The molecule has 0 aliphatic heterocycles. The molecular weight excluding hydrogens is 426 g/mol. The fourth-order valence-corrected chi connectivity index (χ4v) is 5.85. The number of methoxy groups -OCH3 is 2. The average molecular weight is 462 g/mol. The number of imidazole rings is 1. The fraction of sp³-hybridized carbons (Fsp3) is 0.500. The Morgan fingerprint density at radius 1 is 0.971 bits per heavy atom. The Balaban J connectivity index is 1.66. The molecule has 2 saturated carbocycles. The number of carbonyl (C=O) groups is 1. The summed E-state index contributed by atoms with van der Waals surface area (Å²) in [5, 5.41) is 3.42. The Morgan fingerprint density at radius 2 is 1.71 bits per heavy atom. The lowest BCUT2D eigenvalue weighted by atomic mass is 9.83. The summed E-state index contributed by atoms with van der Waals surface area (Å²) in [5.74, 6) is 2.62. The maximum Gasteiger partial charge on any atom is 0.243 e. The standard InChI is InChI=1S/C28H35N3O3/c1-33-21-16-17-22(25(18-21)34-2)27-30-23-14-8-9-15-24(23)31(27)26(19-10-4-3-5-11-19)28(32)29-20-12-6-7-13-20/h8-9,14-20,26H,3-7,10-13H2,1-2H3,(H,29,32). The van der Waals surface area contributed by atoms with Gasteiger partial charge in [-0.05, 0) is 55.9 Å². The number of benzene rings is 2. The molecule has 6 heteroatoms. The van der Waals surface area contributed by atoms with Crippen molar-refractivity contribution in [3.05, 3.63) is 42.5 Å². The van der Waals surface area contributed by atoms with Crippen LogP contribution < -0.4 is 14.8 Å². The third-order valence-corrected chi connectivity index (χ3v) is 7.59. The summed E-state index contributed by atoms with van der Waals surface area (Å²) in [5.41, 5.74) is 2.76. The zero-order valence-corrected chi connectivity index (χ0v) is 20.3. The van der Waals surface area contributed by atoms with Gasteiger partial charge >= 0.3 is 0 Å². The van der Waals surface area contributed by atoms with Gasteiger partial charge in [-0.3, -0.25) is 4.79 Å². The molecule has 1 heterocycles. The van der Waals surface area contributed by atoms with Crippen LogP contribution in [0.2, 0.25) is 0 Å². The van der Waals surface area contributed by atoms with E-state index in [9.17, 15) is 4.79 Å². The lowest BCUT2D eigenvalue weighted by molar-refractivity contribution is -0.126. The van der Waals surface area contributed by atoms with E-state index in [1.165, 1.54) is 32.1 Å². The predicted molar refractivity (Wildman–Crippen MR) is 134 cm³/mol. The Labute approximate surface area is 201 Å². The zero-order chi connectivity index (χ0) is 23.5. The molecule has 1 N–H and O–H groups in total. The van der Waals surface area contributed by atoms with E-state index >= 15 is 0 Å². The molecule has 1 amide bonds. The van der Waals surface area contributed by atoms with Crippen LogP contribution in [0.4, 0.5) is 0 Å². The van der Waals surface area contributed by atoms with Crippen molar-refractivity contribution in [2.24, 2.45) is 5.92 Å². The lowest BCUT2D eigenvalue weighted by Crippen LogP contribution is -2.42. The molecule has 0 saturated heterocycles. The Morgan fingerprint density at radius 3 is 2.44 bits per heavy atom. The first-order valence-corrected chi connectivity index (χ1v) is 12.7. The number of fused-ring (bicyclic) bond motifs is 1. The number of rotatable bonds is 7. The molecule has 2 fully saturated rings. The van der Waals surface area contributed by atoms with Gasteiger partial charge in [-0.2, -0.15) is 0 Å². The van der Waals surface area contributed by atoms with Crippen molar-refractivity contribution in [2.45, 2.75) is 69.9 Å². The van der Waals surface area contributed by atoms with Crippen LogP contribution in [0.25, 0.3) is 22.4 Å². The first-order valence-electron chi connectivity index (χ1n) is 12.7. The summed E-state index contributed by atoms with van der Waals surface area (Å²) >= 11 is 0. The van der Waals surface area contributed by atoms with E-state index in [1.807, 2.05) is 36.4 Å². The van der Waals surface area contributed by atoms with Crippen LogP contribution in [0.1, 0.15) is 63.8 Å². The number of para-hydroxylation sites is 2. The second kappa shape index (κ2) is 10.1. The van der Waals surface area contributed by atoms with Crippen molar-refractivity contribution >= 4 is 16.9 Å². The van der Waals surface area contributed by atoms with E-state index in [1.54, 1.807) is 14.2 Å². The van der Waals surface area contributed by atoms with Crippen molar-refractivity contribution in [1.82, 2.24) is 14.9 Å². The van der Waals surface area contributed by atoms with E-state index in [2.05, 4.69) is 16.0 Å². The van der Waals surface area contributed by atoms with Crippen LogP contribution in [0, 0.1) is 5.92 Å². The molecule has 6 nitrogen and oxygen atoms in total. The van der Waals surface area contributed by atoms with Crippen molar-refractivity contribution in [2.75, 3.05) is 14.2 Å². The highest BCUT2D eigenvalue weighted by atomic mass is 16.5. The normalized spacial score (nSPS) is 18.2. The van der Waals surface area contributed by atoms with Gasteiger partial charge in [0, 0.05) is 12.1 Å². The second-order valence-corrected chi connectivity index (χ2v) is 9.69. The van der Waals surface area contributed by atoms with Crippen LogP contribution in [0.5, 0.6) is 11.5 Å². The number of hydrogen-bond acceptors (Lipinski definition) is 4. The molecule has 1 unspecified atom stereocenters. The van der Waals surface area contributed by atoms with Crippen LogP contribution in [0.3, 0.4) is 0 Å². The predicted octanol–water partition coefficient (Wildman–Crippen LogP) is 5.90. The maximum absolute atomic E-state index is 14.0. The van der Waals surface area contributed by atoms with Crippen LogP contribution >= 0.6 is 0 Å². The number of ether oxygens (including phenoxy) is 2. The summed E-state index contributed by atoms with van der Waals surface area (Å²) in [7, 11) is 3.31. The van der Waals surface area contributed by atoms with Gasteiger partial charge in [0.1, 0.15) is 23.4 Å². The minimum absolute atomic E-state index is 0.135. The fourth-order valence-electron chi connectivity index (χ4n) is 5.85. The van der Waals surface area contributed by atoms with Crippen LogP contribution in [-0.2, 0) is 4.79 Å². The van der Waals surface area contributed by atoms with Gasteiger partial charge in [-0.1, -0.05) is 44.2 Å². The maximum atomic E-state index is 14.0. The highest BCUT2D eigenvalue weighted by Crippen LogP contribution is 2.41. The molecule has 2 aromatic carbocycles. The molecule has 180 valence electrons. The summed E-state index contributed by atoms with van der Waals surface area (Å²) in [6, 6.07) is 13.9. The number of hydrogen-bond donors (Lipinski definition) is 1. The van der Waals surface area contributed by atoms with E-state index in [4.69, 9.17) is 14.5 Å². The van der Waals surface area contributed by atoms with Gasteiger partial charge in [0.2, 0.25) is 5.91 Å². The van der Waals surface area contributed by atoms with Crippen molar-refractivity contribution < 1.29 is 14.3 Å². The van der Waals surface area contributed by atoms with E-state index in [0.717, 1.165) is 53.9 Å². The van der Waals surface area contributed by atoms with Gasteiger partial charge in [0.05, 0.1) is 30.8 Å². The molecule has 3 aromatic rings. The first kappa shape index (κ1) is 22.8.